The first-order chi connectivity index (χ1) is 9.98. The fraction of sp³-hybridized carbons (Fsp3) is 0.944. The van der Waals surface area contributed by atoms with Gasteiger partial charge >= 0.3 is 5.97 Å². The van der Waals surface area contributed by atoms with E-state index in [1.807, 2.05) is 13.8 Å². The van der Waals surface area contributed by atoms with Crippen LogP contribution in [0.5, 0.6) is 0 Å². The van der Waals surface area contributed by atoms with Crippen LogP contribution < -0.4 is 0 Å². The first-order valence-electron chi connectivity index (χ1n) is 8.94. The molecule has 1 atom stereocenters. The smallest absolute Gasteiger partial charge is 0.309 e. The largest absolute Gasteiger partial charge is 0.481 e. The molecule has 124 valence electrons. The highest BCUT2D eigenvalue weighted by Crippen LogP contribution is 2.34. The molecule has 0 aromatic rings. The maximum Gasteiger partial charge on any atom is 0.309 e. The van der Waals surface area contributed by atoms with Gasteiger partial charge in [-0.05, 0) is 52.1 Å². The fourth-order valence-electron chi connectivity index (χ4n) is 3.31. The Labute approximate surface area is 131 Å². The Kier molecular flexibility index (Phi) is 8.31. The molecule has 1 saturated heterocycles. The molecule has 0 spiro atoms. The number of hydrogen-bond donors (Lipinski definition) is 1. The van der Waals surface area contributed by atoms with E-state index in [4.69, 9.17) is 0 Å². The van der Waals surface area contributed by atoms with Crippen molar-refractivity contribution in [2.45, 2.75) is 78.6 Å². The second-order valence-corrected chi connectivity index (χ2v) is 7.29. The SMILES string of the molecule is CCCCCCCCCN1CCCC(C(C)(C)C(=O)O)C1. The molecule has 0 saturated carbocycles. The predicted molar refractivity (Wildman–Crippen MR) is 88.6 cm³/mol. The molecule has 3 heteroatoms. The molecule has 1 aliphatic heterocycles. The summed E-state index contributed by atoms with van der Waals surface area (Å²) in [5.41, 5.74) is -0.585. The number of likely N-dealkylation sites (tertiary alicyclic amines) is 1. The molecule has 1 unspecified atom stereocenters. The van der Waals surface area contributed by atoms with Crippen molar-refractivity contribution in [2.24, 2.45) is 11.3 Å². The maximum absolute atomic E-state index is 11.4. The molecule has 1 rings (SSSR count). The minimum Gasteiger partial charge on any atom is -0.481 e. The normalized spacial score (nSPS) is 20.6. The zero-order chi connectivity index (χ0) is 15.7. The molecule has 0 aliphatic carbocycles. The van der Waals surface area contributed by atoms with E-state index in [9.17, 15) is 9.90 Å². The third kappa shape index (κ3) is 6.37. The van der Waals surface area contributed by atoms with Crippen LogP contribution in [0.15, 0.2) is 0 Å². The molecule has 21 heavy (non-hydrogen) atoms. The zero-order valence-corrected chi connectivity index (χ0v) is 14.4. The second kappa shape index (κ2) is 9.45. The standard InChI is InChI=1S/C18H35NO2/c1-4-5-6-7-8-9-10-13-19-14-11-12-16(15-19)18(2,3)17(20)21/h16H,4-15H2,1-3H3,(H,20,21). The van der Waals surface area contributed by atoms with E-state index in [1.54, 1.807) is 0 Å². The van der Waals surface area contributed by atoms with Gasteiger partial charge in [0, 0.05) is 6.54 Å². The Morgan fingerprint density at radius 3 is 2.38 bits per heavy atom. The highest BCUT2D eigenvalue weighted by atomic mass is 16.4. The van der Waals surface area contributed by atoms with Gasteiger partial charge in [-0.15, -0.1) is 0 Å². The van der Waals surface area contributed by atoms with Crippen LogP contribution in [0.3, 0.4) is 0 Å². The lowest BCUT2D eigenvalue weighted by Gasteiger charge is -2.39. The lowest BCUT2D eigenvalue weighted by Crippen LogP contribution is -2.44. The van der Waals surface area contributed by atoms with Crippen LogP contribution in [-0.4, -0.2) is 35.6 Å². The highest BCUT2D eigenvalue weighted by molar-refractivity contribution is 5.74. The van der Waals surface area contributed by atoms with Crippen LogP contribution in [0.25, 0.3) is 0 Å². The molecular formula is C18H35NO2. The Bertz CT molecular complexity index is 302. The summed E-state index contributed by atoms with van der Waals surface area (Å²) in [6, 6.07) is 0. The predicted octanol–water partition coefficient (Wildman–Crippen LogP) is 4.56. The lowest BCUT2D eigenvalue weighted by atomic mass is 9.74. The molecular weight excluding hydrogens is 262 g/mol. The van der Waals surface area contributed by atoms with Crippen molar-refractivity contribution in [3.8, 4) is 0 Å². The molecule has 0 aromatic carbocycles. The Morgan fingerprint density at radius 2 is 1.76 bits per heavy atom. The number of piperidine rings is 1. The summed E-state index contributed by atoms with van der Waals surface area (Å²) >= 11 is 0. The van der Waals surface area contributed by atoms with E-state index >= 15 is 0 Å². The molecule has 0 aromatic heterocycles. The zero-order valence-electron chi connectivity index (χ0n) is 14.4. The molecule has 1 aliphatic rings. The minimum atomic E-state index is -0.648. The van der Waals surface area contributed by atoms with Crippen molar-refractivity contribution in [3.05, 3.63) is 0 Å². The molecule has 1 heterocycles. The Morgan fingerprint density at radius 1 is 1.14 bits per heavy atom. The third-order valence-corrected chi connectivity index (χ3v) is 5.16. The molecule has 1 N–H and O–H groups in total. The van der Waals surface area contributed by atoms with E-state index in [2.05, 4.69) is 11.8 Å². The summed E-state index contributed by atoms with van der Waals surface area (Å²) < 4.78 is 0. The van der Waals surface area contributed by atoms with Crippen molar-refractivity contribution in [3.63, 3.8) is 0 Å². The van der Waals surface area contributed by atoms with Gasteiger partial charge in [-0.25, -0.2) is 0 Å². The molecule has 0 bridgehead atoms. The van der Waals surface area contributed by atoms with Crippen LogP contribution in [0.1, 0.15) is 78.6 Å². The number of carboxylic acids is 1. The Hall–Kier alpha value is -0.570. The van der Waals surface area contributed by atoms with Gasteiger partial charge in [0.25, 0.3) is 0 Å². The molecule has 1 fully saturated rings. The number of hydrogen-bond acceptors (Lipinski definition) is 2. The summed E-state index contributed by atoms with van der Waals surface area (Å²) in [5, 5.41) is 9.38. The van der Waals surface area contributed by atoms with Crippen LogP contribution in [0.4, 0.5) is 0 Å². The van der Waals surface area contributed by atoms with Gasteiger partial charge in [-0.1, -0.05) is 45.4 Å². The molecule has 0 radical (unpaired) electrons. The number of nitrogens with zero attached hydrogens (tertiary/aromatic N) is 1. The van der Waals surface area contributed by atoms with Crippen LogP contribution in [-0.2, 0) is 4.79 Å². The molecule has 0 amide bonds. The van der Waals surface area contributed by atoms with Crippen LogP contribution in [0.2, 0.25) is 0 Å². The summed E-state index contributed by atoms with van der Waals surface area (Å²) in [6.45, 7) is 9.30. The van der Waals surface area contributed by atoms with E-state index in [0.29, 0.717) is 5.92 Å². The average Bonchev–Trinajstić information content (AvgIpc) is 2.46. The van der Waals surface area contributed by atoms with Crippen LogP contribution in [0, 0.1) is 11.3 Å². The van der Waals surface area contributed by atoms with E-state index in [-0.39, 0.29) is 0 Å². The summed E-state index contributed by atoms with van der Waals surface area (Å²) in [6.07, 6.45) is 11.6. The van der Waals surface area contributed by atoms with Gasteiger partial charge in [-0.3, -0.25) is 4.79 Å². The molecule has 3 nitrogen and oxygen atoms in total. The number of aliphatic carboxylic acids is 1. The first kappa shape index (κ1) is 18.5. The van der Waals surface area contributed by atoms with E-state index < -0.39 is 11.4 Å². The van der Waals surface area contributed by atoms with Gasteiger partial charge in [0.05, 0.1) is 5.41 Å². The summed E-state index contributed by atoms with van der Waals surface area (Å²) in [7, 11) is 0. The number of unbranched alkanes of at least 4 members (excludes halogenated alkanes) is 6. The van der Waals surface area contributed by atoms with Crippen molar-refractivity contribution < 1.29 is 9.90 Å². The summed E-state index contributed by atoms with van der Waals surface area (Å²) in [5.74, 6) is -0.349. The highest BCUT2D eigenvalue weighted by Gasteiger charge is 2.38. The average molecular weight is 297 g/mol. The minimum absolute atomic E-state index is 0.299. The lowest BCUT2D eigenvalue weighted by molar-refractivity contribution is -0.151. The third-order valence-electron chi connectivity index (χ3n) is 5.16. The van der Waals surface area contributed by atoms with Crippen molar-refractivity contribution >= 4 is 5.97 Å². The fourth-order valence-corrected chi connectivity index (χ4v) is 3.31. The van der Waals surface area contributed by atoms with Crippen molar-refractivity contribution in [1.82, 2.24) is 4.90 Å². The monoisotopic (exact) mass is 297 g/mol. The van der Waals surface area contributed by atoms with Gasteiger partial charge < -0.3 is 10.0 Å². The topological polar surface area (TPSA) is 40.5 Å². The van der Waals surface area contributed by atoms with Gasteiger partial charge in [0.2, 0.25) is 0 Å². The van der Waals surface area contributed by atoms with E-state index in [1.165, 1.54) is 44.9 Å². The summed E-state index contributed by atoms with van der Waals surface area (Å²) in [4.78, 5) is 13.9. The van der Waals surface area contributed by atoms with Gasteiger partial charge in [0.1, 0.15) is 0 Å². The first-order valence-corrected chi connectivity index (χ1v) is 8.94. The van der Waals surface area contributed by atoms with Gasteiger partial charge in [-0.2, -0.15) is 0 Å². The van der Waals surface area contributed by atoms with Crippen LogP contribution >= 0.6 is 0 Å². The van der Waals surface area contributed by atoms with Crippen molar-refractivity contribution in [1.29, 1.82) is 0 Å². The van der Waals surface area contributed by atoms with Crippen molar-refractivity contribution in [2.75, 3.05) is 19.6 Å². The second-order valence-electron chi connectivity index (χ2n) is 7.29. The van der Waals surface area contributed by atoms with E-state index in [0.717, 1.165) is 32.5 Å². The quantitative estimate of drug-likeness (QED) is 0.601. The number of carbonyl (C=O) groups is 1. The maximum atomic E-state index is 11.4. The Balaban J connectivity index is 2.20. The number of rotatable bonds is 10. The van der Waals surface area contributed by atoms with Gasteiger partial charge in [0.15, 0.2) is 0 Å². The number of carboxylic acid groups (broad SMARTS) is 1.